The highest BCUT2D eigenvalue weighted by atomic mass is 16.6. The lowest BCUT2D eigenvalue weighted by atomic mass is 9.96. The third-order valence-electron chi connectivity index (χ3n) is 3.46. The molecule has 0 aromatic heterocycles. The second-order valence-electron chi connectivity index (χ2n) is 4.59. The van der Waals surface area contributed by atoms with Crippen LogP contribution in [0.5, 0.6) is 0 Å². The van der Waals surface area contributed by atoms with Crippen molar-refractivity contribution >= 4 is 33.2 Å². The van der Waals surface area contributed by atoms with Crippen LogP contribution in [0.25, 0.3) is 21.5 Å². The first-order valence-electron chi connectivity index (χ1n) is 6.30. The molecule has 0 saturated carbocycles. The van der Waals surface area contributed by atoms with Gasteiger partial charge in [-0.05, 0) is 22.2 Å². The van der Waals surface area contributed by atoms with E-state index in [-0.39, 0.29) is 11.3 Å². The van der Waals surface area contributed by atoms with E-state index in [1.165, 1.54) is 13.2 Å². The SMILES string of the molecule is COC(=O)c1cc2ccccc2c2cccc([N+](=O)[O-])c12. The van der Waals surface area contributed by atoms with E-state index in [0.717, 1.165) is 10.8 Å². The Kier molecular flexibility index (Phi) is 3.02. The van der Waals surface area contributed by atoms with Crippen molar-refractivity contribution in [2.24, 2.45) is 0 Å². The van der Waals surface area contributed by atoms with Gasteiger partial charge >= 0.3 is 5.97 Å². The van der Waals surface area contributed by atoms with E-state index in [0.29, 0.717) is 10.8 Å². The Hall–Kier alpha value is -2.95. The Labute approximate surface area is 119 Å². The van der Waals surface area contributed by atoms with Crippen LogP contribution in [0.15, 0.2) is 48.5 Å². The molecule has 0 saturated heterocycles. The second-order valence-corrected chi connectivity index (χ2v) is 4.59. The van der Waals surface area contributed by atoms with Crippen molar-refractivity contribution in [2.45, 2.75) is 0 Å². The maximum absolute atomic E-state index is 12.0. The Balaban J connectivity index is 2.57. The monoisotopic (exact) mass is 281 g/mol. The molecule has 0 fully saturated rings. The molecule has 0 aliphatic rings. The maximum Gasteiger partial charge on any atom is 0.338 e. The number of methoxy groups -OCH3 is 1. The molecule has 3 rings (SSSR count). The maximum atomic E-state index is 12.0. The van der Waals surface area contributed by atoms with Crippen LogP contribution in [0, 0.1) is 10.1 Å². The van der Waals surface area contributed by atoms with E-state index in [1.807, 2.05) is 24.3 Å². The van der Waals surface area contributed by atoms with Gasteiger partial charge in [-0.25, -0.2) is 4.79 Å². The van der Waals surface area contributed by atoms with Gasteiger partial charge in [0, 0.05) is 6.07 Å². The number of hydrogen-bond acceptors (Lipinski definition) is 4. The number of nitrogens with zero attached hydrogens (tertiary/aromatic N) is 1. The summed E-state index contributed by atoms with van der Waals surface area (Å²) < 4.78 is 4.77. The minimum atomic E-state index is -0.583. The number of nitro groups is 1. The van der Waals surface area contributed by atoms with Crippen molar-refractivity contribution in [3.8, 4) is 0 Å². The van der Waals surface area contributed by atoms with Gasteiger partial charge in [-0.15, -0.1) is 0 Å². The van der Waals surface area contributed by atoms with Crippen molar-refractivity contribution in [3.63, 3.8) is 0 Å². The van der Waals surface area contributed by atoms with Crippen LogP contribution < -0.4 is 0 Å². The summed E-state index contributed by atoms with van der Waals surface area (Å²) in [4.78, 5) is 22.8. The highest BCUT2D eigenvalue weighted by Gasteiger charge is 2.21. The number of ether oxygens (including phenoxy) is 1. The van der Waals surface area contributed by atoms with Gasteiger partial charge in [0.2, 0.25) is 0 Å². The summed E-state index contributed by atoms with van der Waals surface area (Å²) >= 11 is 0. The minimum absolute atomic E-state index is 0.0985. The number of fused-ring (bicyclic) bond motifs is 3. The molecule has 0 aliphatic heterocycles. The molecule has 21 heavy (non-hydrogen) atoms. The van der Waals surface area contributed by atoms with E-state index in [1.54, 1.807) is 18.2 Å². The van der Waals surface area contributed by atoms with Gasteiger partial charge in [0.1, 0.15) is 0 Å². The first-order valence-corrected chi connectivity index (χ1v) is 6.30. The Morgan fingerprint density at radius 3 is 2.52 bits per heavy atom. The number of carbonyl (C=O) groups excluding carboxylic acids is 1. The summed E-state index contributed by atoms with van der Waals surface area (Å²) in [5.74, 6) is -0.583. The first kappa shape index (κ1) is 13.1. The van der Waals surface area contributed by atoms with E-state index < -0.39 is 10.9 Å². The standard InChI is InChI=1S/C16H11NO4/c1-21-16(18)13-9-10-5-2-3-6-11(10)12-7-4-8-14(15(12)13)17(19)20/h2-9H,1H3. The molecule has 3 aromatic carbocycles. The molecule has 0 unspecified atom stereocenters. The summed E-state index contributed by atoms with van der Waals surface area (Å²) in [5, 5.41) is 14.0. The Morgan fingerprint density at radius 2 is 1.81 bits per heavy atom. The zero-order chi connectivity index (χ0) is 15.0. The van der Waals surface area contributed by atoms with Crippen molar-refractivity contribution in [2.75, 3.05) is 7.11 Å². The summed E-state index contributed by atoms with van der Waals surface area (Å²) in [6, 6.07) is 13.9. The summed E-state index contributed by atoms with van der Waals surface area (Å²) in [6.07, 6.45) is 0. The topological polar surface area (TPSA) is 69.4 Å². The molecule has 0 spiro atoms. The predicted molar refractivity (Wildman–Crippen MR) is 79.4 cm³/mol. The van der Waals surface area contributed by atoms with Crippen LogP contribution in [0.4, 0.5) is 5.69 Å². The number of carbonyl (C=O) groups is 1. The van der Waals surface area contributed by atoms with Crippen LogP contribution in [0.2, 0.25) is 0 Å². The fourth-order valence-electron chi connectivity index (χ4n) is 2.57. The molecule has 5 heteroatoms. The Bertz CT molecular complexity index is 886. The zero-order valence-corrected chi connectivity index (χ0v) is 11.2. The number of rotatable bonds is 2. The first-order chi connectivity index (χ1) is 10.1. The van der Waals surface area contributed by atoms with Gasteiger partial charge in [0.25, 0.3) is 5.69 Å². The number of esters is 1. The van der Waals surface area contributed by atoms with Gasteiger partial charge in [-0.2, -0.15) is 0 Å². The molecule has 0 amide bonds. The number of nitro benzene ring substituents is 1. The lowest BCUT2D eigenvalue weighted by Crippen LogP contribution is -2.04. The molecule has 0 atom stereocenters. The van der Waals surface area contributed by atoms with E-state index >= 15 is 0 Å². The van der Waals surface area contributed by atoms with Crippen LogP contribution in [-0.2, 0) is 4.74 Å². The molecule has 3 aromatic rings. The molecule has 0 radical (unpaired) electrons. The van der Waals surface area contributed by atoms with Crippen LogP contribution >= 0.6 is 0 Å². The van der Waals surface area contributed by atoms with Crippen molar-refractivity contribution in [1.82, 2.24) is 0 Å². The van der Waals surface area contributed by atoms with Gasteiger partial charge in [0.05, 0.1) is 23.0 Å². The highest BCUT2D eigenvalue weighted by Crippen LogP contribution is 2.34. The van der Waals surface area contributed by atoms with E-state index in [4.69, 9.17) is 4.74 Å². The quantitative estimate of drug-likeness (QED) is 0.311. The third-order valence-corrected chi connectivity index (χ3v) is 3.46. The lowest BCUT2D eigenvalue weighted by molar-refractivity contribution is -0.383. The average molecular weight is 281 g/mol. The van der Waals surface area contributed by atoms with E-state index in [2.05, 4.69) is 0 Å². The normalized spacial score (nSPS) is 10.7. The average Bonchev–Trinajstić information content (AvgIpc) is 2.52. The molecule has 0 heterocycles. The van der Waals surface area contributed by atoms with Gasteiger partial charge < -0.3 is 4.74 Å². The van der Waals surface area contributed by atoms with Gasteiger partial charge in [-0.1, -0.05) is 36.4 Å². The minimum Gasteiger partial charge on any atom is -0.465 e. The van der Waals surface area contributed by atoms with Crippen molar-refractivity contribution in [3.05, 3.63) is 64.2 Å². The van der Waals surface area contributed by atoms with Crippen LogP contribution in [-0.4, -0.2) is 18.0 Å². The number of benzene rings is 3. The fourth-order valence-corrected chi connectivity index (χ4v) is 2.57. The number of non-ortho nitro benzene ring substituents is 1. The van der Waals surface area contributed by atoms with E-state index in [9.17, 15) is 14.9 Å². The zero-order valence-electron chi connectivity index (χ0n) is 11.2. The molecular weight excluding hydrogens is 270 g/mol. The van der Waals surface area contributed by atoms with Crippen molar-refractivity contribution < 1.29 is 14.5 Å². The summed E-state index contributed by atoms with van der Waals surface area (Å²) in [7, 11) is 1.26. The fraction of sp³-hybridized carbons (Fsp3) is 0.0625. The van der Waals surface area contributed by atoms with Crippen LogP contribution in [0.3, 0.4) is 0 Å². The largest absolute Gasteiger partial charge is 0.465 e. The van der Waals surface area contributed by atoms with Crippen LogP contribution in [0.1, 0.15) is 10.4 Å². The smallest absolute Gasteiger partial charge is 0.338 e. The Morgan fingerprint density at radius 1 is 1.10 bits per heavy atom. The second kappa shape index (κ2) is 4.86. The third kappa shape index (κ3) is 1.99. The molecule has 104 valence electrons. The van der Waals surface area contributed by atoms with Crippen molar-refractivity contribution in [1.29, 1.82) is 0 Å². The summed E-state index contributed by atoms with van der Waals surface area (Å²) in [6.45, 7) is 0. The predicted octanol–water partition coefficient (Wildman–Crippen LogP) is 3.69. The molecule has 0 N–H and O–H groups in total. The van der Waals surface area contributed by atoms with Gasteiger partial charge in [-0.3, -0.25) is 10.1 Å². The molecule has 0 aliphatic carbocycles. The molecular formula is C16H11NO4. The summed E-state index contributed by atoms with van der Waals surface area (Å²) in [5.41, 5.74) is 0.108. The number of hydrogen-bond donors (Lipinski definition) is 0. The van der Waals surface area contributed by atoms with Gasteiger partial charge in [0.15, 0.2) is 0 Å². The lowest BCUT2D eigenvalue weighted by Gasteiger charge is -2.09. The molecule has 0 bridgehead atoms. The highest BCUT2D eigenvalue weighted by molar-refractivity contribution is 6.18. The molecule has 5 nitrogen and oxygen atoms in total.